The highest BCUT2D eigenvalue weighted by molar-refractivity contribution is 5.80. The second-order valence-electron chi connectivity index (χ2n) is 5.46. The Hall–Kier alpha value is -2.73. The van der Waals surface area contributed by atoms with Crippen molar-refractivity contribution in [1.29, 1.82) is 0 Å². The number of para-hydroxylation sites is 1. The van der Waals surface area contributed by atoms with Crippen molar-refractivity contribution < 1.29 is 14.8 Å². The Labute approximate surface area is 140 Å². The van der Waals surface area contributed by atoms with Crippen molar-refractivity contribution in [3.63, 3.8) is 0 Å². The van der Waals surface area contributed by atoms with Gasteiger partial charge in [-0.05, 0) is 18.4 Å². The smallest absolute Gasteiger partial charge is 0.273 e. The molecule has 24 heavy (non-hydrogen) atoms. The number of amides is 1. The second kappa shape index (κ2) is 8.79. The van der Waals surface area contributed by atoms with Crippen LogP contribution < -0.4 is 5.32 Å². The standard InChI is InChI=1S/C18H20N2O4/c21-12-6-10-16(14-7-2-1-3-8-14)19-18(22)13-15-9-4-5-11-17(15)20(23)24/h1-5,7-9,11,16,21H,6,10,12-13H2,(H,19,22). The SMILES string of the molecule is O=C(Cc1ccccc1[N+](=O)[O-])NC(CCCO)c1ccccc1. The van der Waals surface area contributed by atoms with Crippen molar-refractivity contribution in [2.24, 2.45) is 0 Å². The molecule has 0 spiro atoms. The summed E-state index contributed by atoms with van der Waals surface area (Å²) < 4.78 is 0. The van der Waals surface area contributed by atoms with Gasteiger partial charge < -0.3 is 10.4 Å². The second-order valence-corrected chi connectivity index (χ2v) is 5.46. The zero-order valence-corrected chi connectivity index (χ0v) is 13.2. The number of nitro groups is 1. The molecule has 0 radical (unpaired) electrons. The highest BCUT2D eigenvalue weighted by Crippen LogP contribution is 2.21. The quantitative estimate of drug-likeness (QED) is 0.575. The third kappa shape index (κ3) is 4.89. The van der Waals surface area contributed by atoms with Crippen LogP contribution in [0.5, 0.6) is 0 Å². The van der Waals surface area contributed by atoms with Crippen molar-refractivity contribution in [2.45, 2.75) is 25.3 Å². The minimum atomic E-state index is -0.483. The molecule has 0 aromatic heterocycles. The van der Waals surface area contributed by atoms with Crippen LogP contribution in [-0.4, -0.2) is 22.5 Å². The predicted molar refractivity (Wildman–Crippen MR) is 90.4 cm³/mol. The number of carbonyl (C=O) groups is 1. The molecule has 1 unspecified atom stereocenters. The molecule has 0 aliphatic rings. The summed E-state index contributed by atoms with van der Waals surface area (Å²) in [5, 5.41) is 23.0. The number of hydrogen-bond acceptors (Lipinski definition) is 4. The van der Waals surface area contributed by atoms with E-state index in [0.29, 0.717) is 18.4 Å². The summed E-state index contributed by atoms with van der Waals surface area (Å²) in [5.74, 6) is -0.281. The highest BCUT2D eigenvalue weighted by atomic mass is 16.6. The lowest BCUT2D eigenvalue weighted by molar-refractivity contribution is -0.385. The van der Waals surface area contributed by atoms with Gasteiger partial charge in [-0.25, -0.2) is 0 Å². The van der Waals surface area contributed by atoms with E-state index in [1.807, 2.05) is 30.3 Å². The molecule has 0 aliphatic carbocycles. The van der Waals surface area contributed by atoms with Gasteiger partial charge in [0.1, 0.15) is 0 Å². The van der Waals surface area contributed by atoms with Crippen molar-refractivity contribution in [1.82, 2.24) is 5.32 Å². The summed E-state index contributed by atoms with van der Waals surface area (Å²) in [6.07, 6.45) is 1.11. The summed E-state index contributed by atoms with van der Waals surface area (Å²) in [6.45, 7) is 0.0450. The predicted octanol–water partition coefficient (Wildman–Crippen LogP) is 2.77. The molecule has 2 rings (SSSR count). The Bertz CT molecular complexity index is 688. The van der Waals surface area contributed by atoms with Gasteiger partial charge in [0.05, 0.1) is 17.4 Å². The lowest BCUT2D eigenvalue weighted by Crippen LogP contribution is -2.30. The number of carbonyl (C=O) groups excluding carboxylic acids is 1. The van der Waals surface area contributed by atoms with Crippen molar-refractivity contribution in [3.8, 4) is 0 Å². The first-order valence-corrected chi connectivity index (χ1v) is 7.79. The molecule has 6 heteroatoms. The molecule has 0 bridgehead atoms. The molecule has 0 heterocycles. The Balaban J connectivity index is 2.09. The van der Waals surface area contributed by atoms with Crippen LogP contribution in [0, 0.1) is 10.1 Å². The number of hydrogen-bond donors (Lipinski definition) is 2. The van der Waals surface area contributed by atoms with Crippen LogP contribution in [0.25, 0.3) is 0 Å². The monoisotopic (exact) mass is 328 g/mol. The summed E-state index contributed by atoms with van der Waals surface area (Å²) in [4.78, 5) is 22.9. The van der Waals surface area contributed by atoms with Gasteiger partial charge in [0.25, 0.3) is 5.69 Å². The van der Waals surface area contributed by atoms with E-state index in [-0.39, 0.29) is 30.7 Å². The molecule has 126 valence electrons. The van der Waals surface area contributed by atoms with E-state index in [0.717, 1.165) is 5.56 Å². The lowest BCUT2D eigenvalue weighted by atomic mass is 10.0. The zero-order valence-electron chi connectivity index (χ0n) is 13.2. The third-order valence-corrected chi connectivity index (χ3v) is 3.73. The summed E-state index contributed by atoms with van der Waals surface area (Å²) in [7, 11) is 0. The Morgan fingerprint density at radius 1 is 1.12 bits per heavy atom. The minimum Gasteiger partial charge on any atom is -0.396 e. The topological polar surface area (TPSA) is 92.5 Å². The molecule has 6 nitrogen and oxygen atoms in total. The number of nitrogens with zero attached hydrogens (tertiary/aromatic N) is 1. The fourth-order valence-corrected chi connectivity index (χ4v) is 2.56. The largest absolute Gasteiger partial charge is 0.396 e. The first kappa shape index (κ1) is 17.6. The van der Waals surface area contributed by atoms with Gasteiger partial charge in [0.2, 0.25) is 5.91 Å². The first-order chi connectivity index (χ1) is 11.6. The van der Waals surface area contributed by atoms with Crippen LogP contribution in [0.2, 0.25) is 0 Å². The summed E-state index contributed by atoms with van der Waals surface area (Å²) in [6, 6.07) is 15.5. The van der Waals surface area contributed by atoms with Gasteiger partial charge in [0.15, 0.2) is 0 Å². The molecule has 1 amide bonds. The zero-order chi connectivity index (χ0) is 17.4. The van der Waals surface area contributed by atoms with Gasteiger partial charge >= 0.3 is 0 Å². The fraction of sp³-hybridized carbons (Fsp3) is 0.278. The van der Waals surface area contributed by atoms with Gasteiger partial charge in [-0.15, -0.1) is 0 Å². The number of benzene rings is 2. The van der Waals surface area contributed by atoms with E-state index in [1.54, 1.807) is 18.2 Å². The van der Waals surface area contributed by atoms with E-state index >= 15 is 0 Å². The van der Waals surface area contributed by atoms with E-state index in [2.05, 4.69) is 5.32 Å². The van der Waals surface area contributed by atoms with Crippen LogP contribution in [0.3, 0.4) is 0 Å². The number of nitrogens with one attached hydrogen (secondary N) is 1. The molecule has 0 fully saturated rings. The number of aliphatic hydroxyl groups excluding tert-OH is 1. The number of rotatable bonds is 8. The normalized spacial score (nSPS) is 11.7. The van der Waals surface area contributed by atoms with Crippen LogP contribution in [0.15, 0.2) is 54.6 Å². The van der Waals surface area contributed by atoms with Crippen LogP contribution in [-0.2, 0) is 11.2 Å². The van der Waals surface area contributed by atoms with Crippen LogP contribution in [0.1, 0.15) is 30.0 Å². The molecule has 1 atom stereocenters. The maximum Gasteiger partial charge on any atom is 0.273 e. The summed E-state index contributed by atoms with van der Waals surface area (Å²) >= 11 is 0. The fourth-order valence-electron chi connectivity index (χ4n) is 2.56. The molecule has 2 aromatic rings. The van der Waals surface area contributed by atoms with Gasteiger partial charge in [-0.1, -0.05) is 48.5 Å². The van der Waals surface area contributed by atoms with Crippen molar-refractivity contribution >= 4 is 11.6 Å². The average Bonchev–Trinajstić information content (AvgIpc) is 2.59. The Morgan fingerprint density at radius 3 is 2.46 bits per heavy atom. The molecule has 2 aromatic carbocycles. The van der Waals surface area contributed by atoms with Crippen molar-refractivity contribution in [2.75, 3.05) is 6.61 Å². The molecule has 0 saturated heterocycles. The first-order valence-electron chi connectivity index (χ1n) is 7.79. The van der Waals surface area contributed by atoms with Crippen molar-refractivity contribution in [3.05, 3.63) is 75.8 Å². The number of nitro benzene ring substituents is 1. The van der Waals surface area contributed by atoms with Gasteiger partial charge in [0, 0.05) is 18.2 Å². The van der Waals surface area contributed by atoms with Crippen LogP contribution in [0.4, 0.5) is 5.69 Å². The Morgan fingerprint density at radius 2 is 1.79 bits per heavy atom. The van der Waals surface area contributed by atoms with E-state index in [1.165, 1.54) is 6.07 Å². The lowest BCUT2D eigenvalue weighted by Gasteiger charge is -2.19. The van der Waals surface area contributed by atoms with Crippen LogP contribution >= 0.6 is 0 Å². The molecular formula is C18H20N2O4. The molecular weight excluding hydrogens is 308 g/mol. The van der Waals surface area contributed by atoms with Gasteiger partial charge in [-0.3, -0.25) is 14.9 Å². The highest BCUT2D eigenvalue weighted by Gasteiger charge is 2.18. The van der Waals surface area contributed by atoms with E-state index in [9.17, 15) is 14.9 Å². The third-order valence-electron chi connectivity index (χ3n) is 3.73. The van der Waals surface area contributed by atoms with E-state index in [4.69, 9.17) is 5.11 Å². The maximum atomic E-state index is 12.3. The minimum absolute atomic E-state index is 0.0450. The molecule has 2 N–H and O–H groups in total. The Kier molecular flexibility index (Phi) is 6.45. The van der Waals surface area contributed by atoms with Gasteiger partial charge in [-0.2, -0.15) is 0 Å². The molecule has 0 aliphatic heterocycles. The maximum absolute atomic E-state index is 12.3. The summed E-state index contributed by atoms with van der Waals surface area (Å²) in [5.41, 5.74) is 1.27. The number of aliphatic hydroxyl groups is 1. The average molecular weight is 328 g/mol. The molecule has 0 saturated carbocycles. The van der Waals surface area contributed by atoms with E-state index < -0.39 is 4.92 Å².